The highest BCUT2D eigenvalue weighted by molar-refractivity contribution is 7.08. The van der Waals surface area contributed by atoms with Crippen molar-refractivity contribution in [3.8, 4) is 11.1 Å². The van der Waals surface area contributed by atoms with Crippen molar-refractivity contribution in [3.63, 3.8) is 0 Å². The number of nitrogens with one attached hydrogen (secondary N) is 2. The molecule has 3 aromatic rings. The average molecular weight is 489 g/mol. The summed E-state index contributed by atoms with van der Waals surface area (Å²) in [4.78, 5) is 29.7. The van der Waals surface area contributed by atoms with Gasteiger partial charge in [0.1, 0.15) is 5.82 Å². The monoisotopic (exact) mass is 488 g/mol. The van der Waals surface area contributed by atoms with E-state index in [0.29, 0.717) is 34.1 Å². The summed E-state index contributed by atoms with van der Waals surface area (Å²) >= 11 is 1.58. The molecule has 6 rings (SSSR count). The van der Waals surface area contributed by atoms with Gasteiger partial charge in [-0.2, -0.15) is 11.3 Å². The molecule has 3 aliphatic heterocycles. The van der Waals surface area contributed by atoms with E-state index in [0.717, 1.165) is 37.3 Å². The summed E-state index contributed by atoms with van der Waals surface area (Å²) in [5, 5.41) is 9.45. The van der Waals surface area contributed by atoms with Gasteiger partial charge in [0, 0.05) is 48.7 Å². The molecule has 2 saturated heterocycles. The maximum absolute atomic E-state index is 15.1. The van der Waals surface area contributed by atoms with Gasteiger partial charge < -0.3 is 10.2 Å². The van der Waals surface area contributed by atoms with Crippen LogP contribution in [0.5, 0.6) is 0 Å². The Bertz CT molecular complexity index is 1340. The fourth-order valence-corrected chi connectivity index (χ4v) is 5.96. The van der Waals surface area contributed by atoms with E-state index in [1.165, 1.54) is 18.9 Å². The molecule has 1 atom stereocenters. The second-order valence-electron chi connectivity index (χ2n) is 9.20. The van der Waals surface area contributed by atoms with E-state index in [2.05, 4.69) is 20.4 Å². The lowest BCUT2D eigenvalue weighted by Gasteiger charge is -2.39. The van der Waals surface area contributed by atoms with Gasteiger partial charge in [-0.25, -0.2) is 4.39 Å². The third kappa shape index (κ3) is 4.13. The molecule has 2 N–H and O–H groups in total. The van der Waals surface area contributed by atoms with Crippen LogP contribution in [0.4, 0.5) is 15.8 Å². The first-order chi connectivity index (χ1) is 17.1. The van der Waals surface area contributed by atoms with Crippen molar-refractivity contribution in [1.82, 2.24) is 10.2 Å². The van der Waals surface area contributed by atoms with Gasteiger partial charge in [0.2, 0.25) is 0 Å². The fourth-order valence-electron chi connectivity index (χ4n) is 5.30. The number of nitrogens with zero attached hydrogens (tertiary/aromatic N) is 2. The summed E-state index contributed by atoms with van der Waals surface area (Å²) in [6, 6.07) is 13.1. The first-order valence-electron chi connectivity index (χ1n) is 11.8. The predicted octanol–water partition coefficient (Wildman–Crippen LogP) is 4.56. The Morgan fingerprint density at radius 3 is 2.74 bits per heavy atom. The van der Waals surface area contributed by atoms with E-state index >= 15 is 4.39 Å². The Morgan fingerprint density at radius 2 is 1.91 bits per heavy atom. The first-order valence-corrected chi connectivity index (χ1v) is 12.8. The van der Waals surface area contributed by atoms with Gasteiger partial charge in [0.15, 0.2) is 0 Å². The van der Waals surface area contributed by atoms with Gasteiger partial charge in [-0.05, 0) is 77.7 Å². The van der Waals surface area contributed by atoms with E-state index in [1.807, 2.05) is 35.0 Å². The molecule has 3 aliphatic rings. The molecule has 0 radical (unpaired) electrons. The molecular weight excluding hydrogens is 463 g/mol. The Morgan fingerprint density at radius 1 is 1.00 bits per heavy atom. The van der Waals surface area contributed by atoms with Crippen molar-refractivity contribution >= 4 is 40.1 Å². The maximum Gasteiger partial charge on any atom is 0.260 e. The fraction of sp³-hybridized carbons (Fsp3) is 0.259. The Labute approximate surface area is 207 Å². The standard InChI is InChI=1S/C27H25FN4O2S/c28-24-13-19(4-6-25(24)32-10-9-31-8-1-2-20(31)15-32)29-14-23-22-12-17(18-7-11-35-16-18)3-5-21(22)26(33)30-27(23)34/h3-7,11-14,16,20,29H,1-2,8-10,15H2,(H,30,33,34)/b23-14-/t20-/m0/s1. The molecule has 178 valence electrons. The number of piperazine rings is 1. The molecule has 0 saturated carbocycles. The van der Waals surface area contributed by atoms with Crippen LogP contribution in [0.15, 0.2) is 59.4 Å². The Kier molecular flexibility index (Phi) is 5.62. The highest BCUT2D eigenvalue weighted by atomic mass is 32.1. The number of carbonyl (C=O) groups is 2. The number of imide groups is 1. The number of fused-ring (bicyclic) bond motifs is 2. The van der Waals surface area contributed by atoms with Crippen molar-refractivity contribution in [1.29, 1.82) is 0 Å². The smallest absolute Gasteiger partial charge is 0.260 e. The zero-order valence-corrected chi connectivity index (χ0v) is 19.9. The van der Waals surface area contributed by atoms with Crippen molar-refractivity contribution in [3.05, 3.63) is 76.4 Å². The summed E-state index contributed by atoms with van der Waals surface area (Å²) in [6.07, 6.45) is 3.94. The number of anilines is 2. The Balaban J connectivity index is 1.25. The third-order valence-electron chi connectivity index (χ3n) is 7.14. The number of thiophene rings is 1. The number of carbonyl (C=O) groups excluding carboxylic acids is 2. The lowest BCUT2D eigenvalue weighted by Crippen LogP contribution is -2.50. The molecule has 0 bridgehead atoms. The minimum Gasteiger partial charge on any atom is -0.366 e. The van der Waals surface area contributed by atoms with Gasteiger partial charge in [-0.15, -0.1) is 0 Å². The van der Waals surface area contributed by atoms with E-state index < -0.39 is 11.8 Å². The van der Waals surface area contributed by atoms with Gasteiger partial charge in [-0.3, -0.25) is 19.8 Å². The SMILES string of the molecule is O=C1NC(=O)c2ccc(-c3ccsc3)cc2/C1=C/Nc1ccc(N2CCN3CCC[C@H]3C2)c(F)c1. The summed E-state index contributed by atoms with van der Waals surface area (Å²) < 4.78 is 15.1. The molecule has 0 unspecified atom stereocenters. The quantitative estimate of drug-likeness (QED) is 0.416. The molecule has 6 nitrogen and oxygen atoms in total. The van der Waals surface area contributed by atoms with E-state index in [4.69, 9.17) is 0 Å². The topological polar surface area (TPSA) is 64.7 Å². The number of amides is 2. The second-order valence-corrected chi connectivity index (χ2v) is 9.98. The minimum absolute atomic E-state index is 0.289. The van der Waals surface area contributed by atoms with Gasteiger partial charge in [0.05, 0.1) is 11.3 Å². The lowest BCUT2D eigenvalue weighted by molar-refractivity contribution is -0.114. The van der Waals surface area contributed by atoms with Crippen LogP contribution in [0.1, 0.15) is 28.8 Å². The van der Waals surface area contributed by atoms with Crippen LogP contribution in [0.3, 0.4) is 0 Å². The predicted molar refractivity (Wildman–Crippen MR) is 137 cm³/mol. The van der Waals surface area contributed by atoms with Crippen molar-refractivity contribution in [2.75, 3.05) is 36.4 Å². The molecule has 4 heterocycles. The van der Waals surface area contributed by atoms with Crippen molar-refractivity contribution < 1.29 is 14.0 Å². The molecular formula is C27H25FN4O2S. The molecule has 8 heteroatoms. The van der Waals surface area contributed by atoms with Gasteiger partial charge in [0.25, 0.3) is 11.8 Å². The lowest BCUT2D eigenvalue weighted by atomic mass is 9.92. The normalized spacial score (nSPS) is 21.1. The van der Waals surface area contributed by atoms with Crippen LogP contribution in [-0.4, -0.2) is 48.9 Å². The number of rotatable bonds is 4. The van der Waals surface area contributed by atoms with Gasteiger partial charge >= 0.3 is 0 Å². The average Bonchev–Trinajstić information content (AvgIpc) is 3.55. The van der Waals surface area contributed by atoms with Crippen LogP contribution in [0.2, 0.25) is 0 Å². The Hall–Kier alpha value is -3.49. The largest absolute Gasteiger partial charge is 0.366 e. The highest BCUT2D eigenvalue weighted by Crippen LogP contribution is 2.32. The van der Waals surface area contributed by atoms with Crippen LogP contribution in [0, 0.1) is 5.82 Å². The summed E-state index contributed by atoms with van der Waals surface area (Å²) in [5.41, 5.74) is 4.43. The third-order valence-corrected chi connectivity index (χ3v) is 7.82. The number of halogens is 1. The molecule has 2 aromatic carbocycles. The second kappa shape index (κ2) is 8.94. The van der Waals surface area contributed by atoms with E-state index in [9.17, 15) is 9.59 Å². The van der Waals surface area contributed by atoms with Crippen LogP contribution < -0.4 is 15.5 Å². The van der Waals surface area contributed by atoms with Gasteiger partial charge in [-0.1, -0.05) is 6.07 Å². The zero-order chi connectivity index (χ0) is 23.9. The highest BCUT2D eigenvalue weighted by Gasteiger charge is 2.31. The minimum atomic E-state index is -0.482. The number of hydrogen-bond acceptors (Lipinski definition) is 6. The zero-order valence-electron chi connectivity index (χ0n) is 19.1. The molecule has 35 heavy (non-hydrogen) atoms. The number of benzene rings is 2. The maximum atomic E-state index is 15.1. The molecule has 2 amide bonds. The molecule has 1 aromatic heterocycles. The van der Waals surface area contributed by atoms with Crippen molar-refractivity contribution in [2.24, 2.45) is 0 Å². The number of hydrogen-bond donors (Lipinski definition) is 2. The van der Waals surface area contributed by atoms with Crippen LogP contribution in [-0.2, 0) is 4.79 Å². The molecule has 0 spiro atoms. The first kappa shape index (κ1) is 22.0. The van der Waals surface area contributed by atoms with E-state index in [1.54, 1.807) is 29.7 Å². The molecule has 2 fully saturated rings. The molecule has 0 aliphatic carbocycles. The van der Waals surface area contributed by atoms with Crippen molar-refractivity contribution in [2.45, 2.75) is 18.9 Å². The summed E-state index contributed by atoms with van der Waals surface area (Å²) in [5.74, 6) is -1.19. The van der Waals surface area contributed by atoms with Crippen LogP contribution >= 0.6 is 11.3 Å². The van der Waals surface area contributed by atoms with E-state index in [-0.39, 0.29) is 5.82 Å². The summed E-state index contributed by atoms with van der Waals surface area (Å²) in [7, 11) is 0. The summed E-state index contributed by atoms with van der Waals surface area (Å²) in [6.45, 7) is 3.79. The van der Waals surface area contributed by atoms with Crippen LogP contribution in [0.25, 0.3) is 16.7 Å².